The van der Waals surface area contributed by atoms with Gasteiger partial charge in [0.05, 0.1) is 0 Å². The Labute approximate surface area is 151 Å². The Hall–Kier alpha value is -0.820. The summed E-state index contributed by atoms with van der Waals surface area (Å²) in [7, 11) is 0. The lowest BCUT2D eigenvalue weighted by molar-refractivity contribution is 0.183. The van der Waals surface area contributed by atoms with Crippen molar-refractivity contribution in [2.45, 2.75) is 33.1 Å². The van der Waals surface area contributed by atoms with Crippen LogP contribution in [-0.4, -0.2) is 37.0 Å². The molecule has 1 aromatic rings. The van der Waals surface area contributed by atoms with E-state index in [0.717, 1.165) is 31.1 Å². The van der Waals surface area contributed by atoms with Crippen molar-refractivity contribution in [2.75, 3.05) is 31.5 Å². The van der Waals surface area contributed by atoms with Crippen LogP contribution in [0.1, 0.15) is 31.7 Å². The maximum Gasteiger partial charge on any atom is 0.193 e. The van der Waals surface area contributed by atoms with E-state index in [1.165, 1.54) is 31.5 Å². The van der Waals surface area contributed by atoms with Crippen molar-refractivity contribution in [1.82, 2.24) is 4.90 Å². The van der Waals surface area contributed by atoms with Gasteiger partial charge in [0.1, 0.15) is 0 Å². The summed E-state index contributed by atoms with van der Waals surface area (Å²) in [6.07, 6.45) is 3.78. The van der Waals surface area contributed by atoms with Crippen LogP contribution in [0.25, 0.3) is 0 Å². The minimum atomic E-state index is 0. The minimum Gasteiger partial charge on any atom is -0.370 e. The van der Waals surface area contributed by atoms with Gasteiger partial charge in [-0.05, 0) is 62.9 Å². The highest BCUT2D eigenvalue weighted by atomic mass is 127. The molecule has 3 N–H and O–H groups in total. The van der Waals surface area contributed by atoms with Crippen molar-refractivity contribution in [2.24, 2.45) is 16.6 Å². The van der Waals surface area contributed by atoms with Crippen molar-refractivity contribution in [1.29, 1.82) is 0 Å². The molecule has 22 heavy (non-hydrogen) atoms. The maximum atomic E-state index is 5.92. The molecule has 0 radical (unpaired) electrons. The lowest BCUT2D eigenvalue weighted by Gasteiger charge is -2.30. The second kappa shape index (κ2) is 10.0. The first-order chi connectivity index (χ1) is 10.1. The molecule has 1 aliphatic rings. The monoisotopic (exact) mass is 416 g/mol. The highest BCUT2D eigenvalue weighted by molar-refractivity contribution is 14.0. The number of piperidine rings is 1. The molecule has 5 heteroatoms. The van der Waals surface area contributed by atoms with E-state index in [1.54, 1.807) is 0 Å². The molecular formula is C17H29IN4. The standard InChI is InChI=1S/C17H28N4.HI/c1-14-6-3-8-16(12-14)20-17(18)19-9-5-11-21-10-4-7-15(2)13-21;/h3,6,8,12,15H,4-5,7,9-11,13H2,1-2H3,(H3,18,19,20);1H. The molecule has 2 rings (SSSR count). The lowest BCUT2D eigenvalue weighted by Crippen LogP contribution is -2.35. The molecule has 0 bridgehead atoms. The molecular weight excluding hydrogens is 387 g/mol. The third kappa shape index (κ3) is 6.96. The largest absolute Gasteiger partial charge is 0.370 e. The number of anilines is 1. The van der Waals surface area contributed by atoms with Crippen LogP contribution in [0.15, 0.2) is 29.3 Å². The molecule has 1 aliphatic heterocycles. The van der Waals surface area contributed by atoms with Gasteiger partial charge in [-0.15, -0.1) is 24.0 Å². The lowest BCUT2D eigenvalue weighted by atomic mass is 10.0. The van der Waals surface area contributed by atoms with Crippen molar-refractivity contribution in [3.63, 3.8) is 0 Å². The first kappa shape index (κ1) is 19.2. The summed E-state index contributed by atoms with van der Waals surface area (Å²) < 4.78 is 0. The van der Waals surface area contributed by atoms with Gasteiger partial charge < -0.3 is 16.0 Å². The van der Waals surface area contributed by atoms with E-state index in [9.17, 15) is 0 Å². The molecule has 1 aromatic carbocycles. The average molecular weight is 416 g/mol. The van der Waals surface area contributed by atoms with Gasteiger partial charge in [-0.25, -0.2) is 0 Å². The Morgan fingerprint density at radius 1 is 1.45 bits per heavy atom. The molecule has 0 aliphatic carbocycles. The summed E-state index contributed by atoms with van der Waals surface area (Å²) in [4.78, 5) is 6.96. The zero-order valence-electron chi connectivity index (χ0n) is 13.7. The number of nitrogens with two attached hydrogens (primary N) is 1. The molecule has 0 aromatic heterocycles. The predicted octanol–water partition coefficient (Wildman–Crippen LogP) is 3.46. The van der Waals surface area contributed by atoms with Crippen molar-refractivity contribution in [3.8, 4) is 0 Å². The summed E-state index contributed by atoms with van der Waals surface area (Å²) in [5.74, 6) is 1.35. The van der Waals surface area contributed by atoms with Gasteiger partial charge >= 0.3 is 0 Å². The topological polar surface area (TPSA) is 53.6 Å². The van der Waals surface area contributed by atoms with Crippen LogP contribution in [-0.2, 0) is 0 Å². The van der Waals surface area contributed by atoms with Crippen molar-refractivity contribution < 1.29 is 0 Å². The molecule has 1 heterocycles. The molecule has 1 fully saturated rings. The van der Waals surface area contributed by atoms with Gasteiger partial charge in [-0.1, -0.05) is 19.1 Å². The summed E-state index contributed by atoms with van der Waals surface area (Å²) in [5, 5.41) is 3.14. The Morgan fingerprint density at radius 2 is 2.27 bits per heavy atom. The van der Waals surface area contributed by atoms with Crippen LogP contribution >= 0.6 is 24.0 Å². The Kier molecular flexibility index (Phi) is 8.78. The Bertz CT molecular complexity index is 475. The number of aryl methyl sites for hydroxylation is 1. The van der Waals surface area contributed by atoms with E-state index in [2.05, 4.69) is 41.2 Å². The van der Waals surface area contributed by atoms with Crippen LogP contribution in [0.2, 0.25) is 0 Å². The van der Waals surface area contributed by atoms with Gasteiger partial charge in [0.25, 0.3) is 0 Å². The number of hydrogen-bond donors (Lipinski definition) is 2. The maximum absolute atomic E-state index is 5.92. The quantitative estimate of drug-likeness (QED) is 0.335. The van der Waals surface area contributed by atoms with E-state index in [1.807, 2.05) is 12.1 Å². The predicted molar refractivity (Wildman–Crippen MR) is 106 cm³/mol. The first-order valence-corrected chi connectivity index (χ1v) is 7.99. The number of hydrogen-bond acceptors (Lipinski definition) is 2. The summed E-state index contributed by atoms with van der Waals surface area (Å²) in [6, 6.07) is 8.16. The number of nitrogens with one attached hydrogen (secondary N) is 1. The molecule has 0 spiro atoms. The zero-order chi connectivity index (χ0) is 15.1. The number of halogens is 1. The molecule has 1 saturated heterocycles. The first-order valence-electron chi connectivity index (χ1n) is 7.99. The SMILES string of the molecule is Cc1cccc(NC(N)=NCCCN2CCCC(C)C2)c1.I. The number of nitrogens with zero attached hydrogens (tertiary/aromatic N) is 2. The van der Waals surface area contributed by atoms with Crippen LogP contribution in [0.5, 0.6) is 0 Å². The Morgan fingerprint density at radius 3 is 3.00 bits per heavy atom. The fraction of sp³-hybridized carbons (Fsp3) is 0.588. The highest BCUT2D eigenvalue weighted by Gasteiger charge is 2.15. The number of guanidine groups is 1. The molecule has 0 saturated carbocycles. The third-order valence-electron chi connectivity index (χ3n) is 3.95. The van der Waals surface area contributed by atoms with Crippen LogP contribution in [0, 0.1) is 12.8 Å². The van der Waals surface area contributed by atoms with Crippen LogP contribution in [0.3, 0.4) is 0 Å². The molecule has 0 amide bonds. The van der Waals surface area contributed by atoms with Crippen molar-refractivity contribution >= 4 is 35.6 Å². The number of aliphatic imine (C=N–C) groups is 1. The van der Waals surface area contributed by atoms with E-state index in [0.29, 0.717) is 5.96 Å². The van der Waals surface area contributed by atoms with Crippen LogP contribution < -0.4 is 11.1 Å². The van der Waals surface area contributed by atoms with Gasteiger partial charge in [0.2, 0.25) is 0 Å². The number of benzene rings is 1. The second-order valence-corrected chi connectivity index (χ2v) is 6.16. The fourth-order valence-corrected chi connectivity index (χ4v) is 2.89. The molecule has 1 atom stereocenters. The average Bonchev–Trinajstić information content (AvgIpc) is 2.44. The van der Waals surface area contributed by atoms with Gasteiger partial charge in [-0.2, -0.15) is 0 Å². The molecule has 4 nitrogen and oxygen atoms in total. The number of likely N-dealkylation sites (tertiary alicyclic amines) is 1. The van der Waals surface area contributed by atoms with E-state index in [4.69, 9.17) is 5.73 Å². The smallest absolute Gasteiger partial charge is 0.193 e. The Balaban J connectivity index is 0.00000242. The van der Waals surface area contributed by atoms with Crippen LogP contribution in [0.4, 0.5) is 5.69 Å². The minimum absolute atomic E-state index is 0. The second-order valence-electron chi connectivity index (χ2n) is 6.16. The molecule has 1 unspecified atom stereocenters. The van der Waals surface area contributed by atoms with E-state index < -0.39 is 0 Å². The van der Waals surface area contributed by atoms with Gasteiger partial charge in [-0.3, -0.25) is 4.99 Å². The fourth-order valence-electron chi connectivity index (χ4n) is 2.89. The van der Waals surface area contributed by atoms with Gasteiger partial charge in [0, 0.05) is 18.8 Å². The normalized spacial score (nSPS) is 19.5. The van der Waals surface area contributed by atoms with E-state index >= 15 is 0 Å². The zero-order valence-corrected chi connectivity index (χ0v) is 16.0. The van der Waals surface area contributed by atoms with Crippen molar-refractivity contribution in [3.05, 3.63) is 29.8 Å². The number of rotatable bonds is 5. The molecule has 124 valence electrons. The third-order valence-corrected chi connectivity index (χ3v) is 3.95. The van der Waals surface area contributed by atoms with Gasteiger partial charge in [0.15, 0.2) is 5.96 Å². The van der Waals surface area contributed by atoms with E-state index in [-0.39, 0.29) is 24.0 Å². The summed E-state index contributed by atoms with van der Waals surface area (Å²) in [6.45, 7) is 8.80. The summed E-state index contributed by atoms with van der Waals surface area (Å²) >= 11 is 0. The highest BCUT2D eigenvalue weighted by Crippen LogP contribution is 2.15. The summed E-state index contributed by atoms with van der Waals surface area (Å²) in [5.41, 5.74) is 8.14.